The minimum absolute atomic E-state index is 0.325. The number of hydrogen-bond acceptors (Lipinski definition) is 3. The number of carboxylic acids is 1. The Kier molecular flexibility index (Phi) is 7.97. The van der Waals surface area contributed by atoms with Gasteiger partial charge in [0.25, 0.3) is 0 Å². The number of carbonyl (C=O) groups excluding carboxylic acids is 2. The van der Waals surface area contributed by atoms with Crippen LogP contribution in [0.5, 0.6) is 0 Å². The monoisotopic (exact) mass is 397 g/mol. The van der Waals surface area contributed by atoms with Crippen LogP contribution in [0.3, 0.4) is 0 Å². The van der Waals surface area contributed by atoms with Crippen LogP contribution in [0.25, 0.3) is 0 Å². The van der Waals surface area contributed by atoms with Gasteiger partial charge in [0.1, 0.15) is 12.6 Å². The summed E-state index contributed by atoms with van der Waals surface area (Å²) in [6, 6.07) is 5.47. The normalized spacial score (nSPS) is 12.6. The molecule has 0 aliphatic carbocycles. The lowest BCUT2D eigenvalue weighted by atomic mass is 9.96. The first kappa shape index (κ1) is 19.7. The van der Waals surface area contributed by atoms with Crippen LogP contribution in [0, 0.1) is 5.92 Å². The van der Waals surface area contributed by atoms with E-state index in [-0.39, 0.29) is 5.92 Å². The lowest BCUT2D eigenvalue weighted by Crippen LogP contribution is -2.52. The number of nitrogens with one attached hydrogen (secondary N) is 3. The van der Waals surface area contributed by atoms with Crippen molar-refractivity contribution >= 4 is 39.5 Å². The zero-order chi connectivity index (χ0) is 18.1. The Morgan fingerprint density at radius 1 is 1.29 bits per heavy atom. The summed E-state index contributed by atoms with van der Waals surface area (Å²) in [4.78, 5) is 34.9. The lowest BCUT2D eigenvalue weighted by molar-refractivity contribution is -0.138. The van der Waals surface area contributed by atoms with Crippen molar-refractivity contribution in [3.8, 4) is 0 Å². The fraction of sp³-hybridized carbons (Fsp3) is 0.312. The van der Waals surface area contributed by atoms with Crippen LogP contribution in [0.2, 0.25) is 0 Å². The minimum Gasteiger partial charge on any atom is -0.480 e. The van der Waals surface area contributed by atoms with Gasteiger partial charge in [-0.2, -0.15) is 0 Å². The number of amides is 3. The van der Waals surface area contributed by atoms with Gasteiger partial charge in [-0.1, -0.05) is 28.9 Å². The van der Waals surface area contributed by atoms with Crippen molar-refractivity contribution in [2.24, 2.45) is 5.92 Å². The van der Waals surface area contributed by atoms with E-state index in [9.17, 15) is 14.4 Å². The van der Waals surface area contributed by atoms with Gasteiger partial charge in [0.05, 0.1) is 0 Å². The van der Waals surface area contributed by atoms with Crippen molar-refractivity contribution in [2.45, 2.75) is 19.4 Å². The van der Waals surface area contributed by atoms with E-state index in [4.69, 9.17) is 5.11 Å². The van der Waals surface area contributed by atoms with Gasteiger partial charge in [0.15, 0.2) is 0 Å². The molecule has 4 N–H and O–H groups in total. The van der Waals surface area contributed by atoms with E-state index in [2.05, 4.69) is 38.5 Å². The first-order valence-corrected chi connectivity index (χ1v) is 8.11. The van der Waals surface area contributed by atoms with Gasteiger partial charge in [-0.05, 0) is 30.7 Å². The fourth-order valence-corrected chi connectivity index (χ4v) is 2.28. The molecule has 0 saturated carbocycles. The maximum atomic E-state index is 12.2. The molecule has 130 valence electrons. The number of halogens is 1. The second-order valence-electron chi connectivity index (χ2n) is 5.00. The molecule has 0 spiro atoms. The lowest BCUT2D eigenvalue weighted by Gasteiger charge is -2.24. The number of aliphatic carboxylic acids is 1. The van der Waals surface area contributed by atoms with Gasteiger partial charge in [-0.25, -0.2) is 4.79 Å². The van der Waals surface area contributed by atoms with Crippen LogP contribution in [-0.4, -0.2) is 35.6 Å². The molecule has 1 rings (SSSR count). The van der Waals surface area contributed by atoms with E-state index >= 15 is 0 Å². The SMILES string of the molecule is C=CC(CC)C(NC(=O)Nc1ccc(Br)cc1)C(=O)NCC(=O)O. The second-order valence-corrected chi connectivity index (χ2v) is 5.92. The van der Waals surface area contributed by atoms with Gasteiger partial charge in [-0.3, -0.25) is 9.59 Å². The van der Waals surface area contributed by atoms with E-state index < -0.39 is 30.5 Å². The van der Waals surface area contributed by atoms with Crippen LogP contribution in [-0.2, 0) is 9.59 Å². The van der Waals surface area contributed by atoms with Gasteiger partial charge in [-0.15, -0.1) is 6.58 Å². The summed E-state index contributed by atoms with van der Waals surface area (Å²) in [6.07, 6.45) is 2.12. The molecule has 24 heavy (non-hydrogen) atoms. The average Bonchev–Trinajstić information content (AvgIpc) is 2.54. The van der Waals surface area contributed by atoms with Crippen molar-refractivity contribution in [1.82, 2.24) is 10.6 Å². The zero-order valence-corrected chi connectivity index (χ0v) is 14.8. The summed E-state index contributed by atoms with van der Waals surface area (Å²) in [5, 5.41) is 16.1. The Morgan fingerprint density at radius 2 is 1.92 bits per heavy atom. The molecule has 2 unspecified atom stereocenters. The van der Waals surface area contributed by atoms with Crippen molar-refractivity contribution in [2.75, 3.05) is 11.9 Å². The van der Waals surface area contributed by atoms with Crippen LogP contribution >= 0.6 is 15.9 Å². The topological polar surface area (TPSA) is 108 Å². The minimum atomic E-state index is -1.16. The van der Waals surface area contributed by atoms with E-state index in [0.717, 1.165) is 4.47 Å². The summed E-state index contributed by atoms with van der Waals surface area (Å²) in [6.45, 7) is 4.99. The van der Waals surface area contributed by atoms with Gasteiger partial charge < -0.3 is 21.1 Å². The Labute approximate surface area is 148 Å². The molecule has 0 aliphatic heterocycles. The van der Waals surface area contributed by atoms with Crippen molar-refractivity contribution in [1.29, 1.82) is 0 Å². The highest BCUT2D eigenvalue weighted by molar-refractivity contribution is 9.10. The molecule has 0 fully saturated rings. The average molecular weight is 398 g/mol. The van der Waals surface area contributed by atoms with Crippen LogP contribution in [0.1, 0.15) is 13.3 Å². The summed E-state index contributed by atoms with van der Waals surface area (Å²) in [5.41, 5.74) is 0.562. The quantitative estimate of drug-likeness (QED) is 0.504. The first-order valence-electron chi connectivity index (χ1n) is 7.32. The standard InChI is InChI=1S/C16H20BrN3O4/c1-3-10(4-2)14(15(23)18-9-13(21)22)20-16(24)19-12-7-5-11(17)6-8-12/h3,5-8,10,14H,1,4,9H2,2H3,(H,18,23)(H,21,22)(H2,19,20,24). The van der Waals surface area contributed by atoms with E-state index in [1.807, 2.05) is 6.92 Å². The summed E-state index contributed by atoms with van der Waals surface area (Å²) >= 11 is 3.30. The van der Waals surface area contributed by atoms with Gasteiger partial charge >= 0.3 is 12.0 Å². The van der Waals surface area contributed by atoms with Crippen molar-refractivity contribution in [3.05, 3.63) is 41.4 Å². The third-order valence-corrected chi connectivity index (χ3v) is 3.82. The first-order chi connectivity index (χ1) is 11.4. The molecular formula is C16H20BrN3O4. The highest BCUT2D eigenvalue weighted by Crippen LogP contribution is 2.15. The Morgan fingerprint density at radius 3 is 2.42 bits per heavy atom. The fourth-order valence-electron chi connectivity index (χ4n) is 2.02. The molecule has 0 aliphatic rings. The molecule has 0 radical (unpaired) electrons. The van der Waals surface area contributed by atoms with Crippen molar-refractivity contribution in [3.63, 3.8) is 0 Å². The summed E-state index contributed by atoms with van der Waals surface area (Å²) in [7, 11) is 0. The number of hydrogen-bond donors (Lipinski definition) is 4. The molecule has 1 aromatic carbocycles. The highest BCUT2D eigenvalue weighted by atomic mass is 79.9. The molecular weight excluding hydrogens is 378 g/mol. The highest BCUT2D eigenvalue weighted by Gasteiger charge is 2.27. The van der Waals surface area contributed by atoms with Gasteiger partial charge in [0, 0.05) is 16.1 Å². The van der Waals surface area contributed by atoms with Crippen molar-refractivity contribution < 1.29 is 19.5 Å². The molecule has 3 amide bonds. The molecule has 2 atom stereocenters. The van der Waals surface area contributed by atoms with Gasteiger partial charge in [0.2, 0.25) is 5.91 Å². The number of benzene rings is 1. The molecule has 0 bridgehead atoms. The Bertz CT molecular complexity index is 604. The molecule has 7 nitrogen and oxygen atoms in total. The molecule has 0 saturated heterocycles. The second kappa shape index (κ2) is 9.71. The number of urea groups is 1. The summed E-state index contributed by atoms with van der Waals surface area (Å²) < 4.78 is 0.872. The smallest absolute Gasteiger partial charge is 0.322 e. The predicted octanol–water partition coefficient (Wildman–Crippen LogP) is 2.35. The molecule has 8 heteroatoms. The largest absolute Gasteiger partial charge is 0.480 e. The Hall–Kier alpha value is -2.35. The number of rotatable bonds is 8. The Balaban J connectivity index is 2.77. The number of carboxylic acid groups (broad SMARTS) is 1. The van der Waals surface area contributed by atoms with Crippen LogP contribution in [0.4, 0.5) is 10.5 Å². The maximum Gasteiger partial charge on any atom is 0.322 e. The third-order valence-electron chi connectivity index (χ3n) is 3.29. The third kappa shape index (κ3) is 6.41. The maximum absolute atomic E-state index is 12.2. The van der Waals surface area contributed by atoms with Crippen LogP contribution in [0.15, 0.2) is 41.4 Å². The van der Waals surface area contributed by atoms with Crippen LogP contribution < -0.4 is 16.0 Å². The molecule has 0 aromatic heterocycles. The van der Waals surface area contributed by atoms with E-state index in [0.29, 0.717) is 12.1 Å². The van der Waals surface area contributed by atoms with E-state index in [1.165, 1.54) is 0 Å². The zero-order valence-electron chi connectivity index (χ0n) is 13.2. The summed E-state index contributed by atoms with van der Waals surface area (Å²) in [5.74, 6) is -2.06. The predicted molar refractivity (Wildman–Crippen MR) is 94.7 cm³/mol. The molecule has 0 heterocycles. The van der Waals surface area contributed by atoms with E-state index in [1.54, 1.807) is 30.3 Å². The number of anilines is 1. The molecule has 1 aromatic rings. The number of carbonyl (C=O) groups is 3.